The Kier molecular flexibility index (Phi) is 2.12. The maximum Gasteiger partial charge on any atom is 0.110 e. The summed E-state index contributed by atoms with van der Waals surface area (Å²) in [5.74, 6) is 1.69. The maximum absolute atomic E-state index is 5.88. The van der Waals surface area contributed by atoms with Crippen LogP contribution in [0.4, 0.5) is 0 Å². The molecule has 1 unspecified atom stereocenters. The highest BCUT2D eigenvalue weighted by Crippen LogP contribution is 2.18. The summed E-state index contributed by atoms with van der Waals surface area (Å²) >= 11 is 0. The molecule has 1 atom stereocenters. The van der Waals surface area contributed by atoms with Gasteiger partial charge in [-0.05, 0) is 12.3 Å². The van der Waals surface area contributed by atoms with Gasteiger partial charge in [0.25, 0.3) is 0 Å². The van der Waals surface area contributed by atoms with Gasteiger partial charge in [-0.1, -0.05) is 13.8 Å². The monoisotopic (exact) mass is 179 g/mol. The highest BCUT2D eigenvalue weighted by atomic mass is 15.1. The van der Waals surface area contributed by atoms with Crippen molar-refractivity contribution < 1.29 is 0 Å². The van der Waals surface area contributed by atoms with E-state index in [1.807, 2.05) is 0 Å². The number of aromatic nitrogens is 2. The normalized spacial score (nSPS) is 22.0. The van der Waals surface area contributed by atoms with Gasteiger partial charge in [0.15, 0.2) is 0 Å². The Morgan fingerprint density at radius 3 is 3.08 bits per heavy atom. The molecule has 0 fully saturated rings. The van der Waals surface area contributed by atoms with Gasteiger partial charge in [0, 0.05) is 25.2 Å². The van der Waals surface area contributed by atoms with E-state index < -0.39 is 0 Å². The van der Waals surface area contributed by atoms with E-state index in [-0.39, 0.29) is 0 Å². The largest absolute Gasteiger partial charge is 0.335 e. The van der Waals surface area contributed by atoms with Crippen LogP contribution in [-0.4, -0.2) is 15.6 Å². The predicted molar refractivity (Wildman–Crippen MR) is 52.6 cm³/mol. The van der Waals surface area contributed by atoms with Crippen LogP contribution in [0.5, 0.6) is 0 Å². The Morgan fingerprint density at radius 1 is 1.62 bits per heavy atom. The third kappa shape index (κ3) is 1.61. The van der Waals surface area contributed by atoms with E-state index in [0.29, 0.717) is 12.0 Å². The zero-order valence-corrected chi connectivity index (χ0v) is 8.33. The molecule has 0 saturated carbocycles. The van der Waals surface area contributed by atoms with Crippen molar-refractivity contribution in [1.82, 2.24) is 9.55 Å². The Bertz CT molecular complexity index is 301. The molecule has 3 nitrogen and oxygen atoms in total. The molecule has 1 aromatic heterocycles. The molecule has 0 radical (unpaired) electrons. The van der Waals surface area contributed by atoms with Crippen molar-refractivity contribution in [3.8, 4) is 0 Å². The Morgan fingerprint density at radius 2 is 2.38 bits per heavy atom. The maximum atomic E-state index is 5.88. The van der Waals surface area contributed by atoms with Gasteiger partial charge < -0.3 is 10.3 Å². The Labute approximate surface area is 79.0 Å². The molecule has 0 spiro atoms. The average molecular weight is 179 g/mol. The lowest BCUT2D eigenvalue weighted by atomic mass is 10.1. The zero-order chi connectivity index (χ0) is 9.42. The molecule has 2 heterocycles. The van der Waals surface area contributed by atoms with E-state index in [9.17, 15) is 0 Å². The molecule has 3 heteroatoms. The summed E-state index contributed by atoms with van der Waals surface area (Å²) in [7, 11) is 0. The number of nitrogens with two attached hydrogens (primary N) is 1. The van der Waals surface area contributed by atoms with Crippen molar-refractivity contribution in [3.63, 3.8) is 0 Å². The fraction of sp³-hybridized carbons (Fsp3) is 0.700. The number of hydrogen-bond donors (Lipinski definition) is 1. The van der Waals surface area contributed by atoms with Crippen molar-refractivity contribution in [2.24, 2.45) is 5.73 Å². The molecule has 2 rings (SSSR count). The van der Waals surface area contributed by atoms with E-state index in [1.54, 1.807) is 0 Å². The van der Waals surface area contributed by atoms with Crippen molar-refractivity contribution in [3.05, 3.63) is 17.7 Å². The first-order valence-electron chi connectivity index (χ1n) is 4.98. The molecular weight excluding hydrogens is 162 g/mol. The quantitative estimate of drug-likeness (QED) is 0.705. The highest BCUT2D eigenvalue weighted by molar-refractivity contribution is 5.10. The fourth-order valence-corrected chi connectivity index (χ4v) is 1.75. The van der Waals surface area contributed by atoms with E-state index >= 15 is 0 Å². The van der Waals surface area contributed by atoms with Crippen LogP contribution in [0.2, 0.25) is 0 Å². The van der Waals surface area contributed by atoms with Gasteiger partial charge in [-0.3, -0.25) is 0 Å². The molecule has 0 saturated heterocycles. The van der Waals surface area contributed by atoms with E-state index in [2.05, 4.69) is 29.6 Å². The second kappa shape index (κ2) is 3.14. The average Bonchev–Trinajstić information content (AvgIpc) is 2.46. The molecule has 0 amide bonds. The summed E-state index contributed by atoms with van der Waals surface area (Å²) in [4.78, 5) is 4.58. The van der Waals surface area contributed by atoms with Crippen LogP contribution < -0.4 is 5.73 Å². The smallest absolute Gasteiger partial charge is 0.110 e. The number of aryl methyl sites for hydroxylation is 1. The summed E-state index contributed by atoms with van der Waals surface area (Å²) in [5.41, 5.74) is 7.08. The number of nitrogens with zero attached hydrogens (tertiary/aromatic N) is 2. The third-order valence-corrected chi connectivity index (χ3v) is 2.65. The summed E-state index contributed by atoms with van der Waals surface area (Å²) in [6.45, 7) is 5.39. The summed E-state index contributed by atoms with van der Waals surface area (Å²) in [5, 5.41) is 0. The Balaban J connectivity index is 2.28. The van der Waals surface area contributed by atoms with Crippen molar-refractivity contribution in [1.29, 1.82) is 0 Å². The van der Waals surface area contributed by atoms with Crippen LogP contribution in [-0.2, 0) is 13.0 Å². The molecule has 1 aliphatic heterocycles. The van der Waals surface area contributed by atoms with Crippen molar-refractivity contribution >= 4 is 0 Å². The predicted octanol–water partition coefficient (Wildman–Crippen LogP) is 1.28. The SMILES string of the molecule is CC(C)c1cn2c(n1)CC(N)CC2. The van der Waals surface area contributed by atoms with E-state index in [4.69, 9.17) is 5.73 Å². The minimum Gasteiger partial charge on any atom is -0.335 e. The van der Waals surface area contributed by atoms with Crippen LogP contribution in [0.1, 0.15) is 37.7 Å². The van der Waals surface area contributed by atoms with Crippen molar-refractivity contribution in [2.75, 3.05) is 0 Å². The molecule has 1 aliphatic rings. The molecule has 1 aromatic rings. The van der Waals surface area contributed by atoms with Gasteiger partial charge in [0.1, 0.15) is 5.82 Å². The molecule has 0 aromatic carbocycles. The molecule has 0 bridgehead atoms. The number of imidazole rings is 1. The second-order valence-corrected chi connectivity index (χ2v) is 4.18. The first kappa shape index (κ1) is 8.75. The van der Waals surface area contributed by atoms with E-state index in [0.717, 1.165) is 19.4 Å². The lowest BCUT2D eigenvalue weighted by Gasteiger charge is -2.18. The van der Waals surface area contributed by atoms with Crippen LogP contribution in [0.3, 0.4) is 0 Å². The molecular formula is C10H17N3. The molecule has 0 aliphatic carbocycles. The zero-order valence-electron chi connectivity index (χ0n) is 8.33. The first-order chi connectivity index (χ1) is 6.16. The fourth-order valence-electron chi connectivity index (χ4n) is 1.75. The molecule has 13 heavy (non-hydrogen) atoms. The van der Waals surface area contributed by atoms with Gasteiger partial charge >= 0.3 is 0 Å². The van der Waals surface area contributed by atoms with Gasteiger partial charge in [-0.2, -0.15) is 0 Å². The summed E-state index contributed by atoms with van der Waals surface area (Å²) in [6.07, 6.45) is 4.19. The second-order valence-electron chi connectivity index (χ2n) is 4.18. The lowest BCUT2D eigenvalue weighted by molar-refractivity contribution is 0.463. The minimum atomic E-state index is 0.315. The van der Waals surface area contributed by atoms with Gasteiger partial charge in [0.2, 0.25) is 0 Å². The molecule has 2 N–H and O–H groups in total. The lowest BCUT2D eigenvalue weighted by Crippen LogP contribution is -2.30. The summed E-state index contributed by atoms with van der Waals surface area (Å²) < 4.78 is 2.25. The topological polar surface area (TPSA) is 43.8 Å². The third-order valence-electron chi connectivity index (χ3n) is 2.65. The van der Waals surface area contributed by atoms with Gasteiger partial charge in [-0.15, -0.1) is 0 Å². The van der Waals surface area contributed by atoms with Crippen molar-refractivity contribution in [2.45, 2.75) is 45.2 Å². The van der Waals surface area contributed by atoms with Crippen LogP contribution in [0.15, 0.2) is 6.20 Å². The number of fused-ring (bicyclic) bond motifs is 1. The van der Waals surface area contributed by atoms with Crippen LogP contribution in [0.25, 0.3) is 0 Å². The summed E-state index contributed by atoms with van der Waals surface area (Å²) in [6, 6.07) is 0.315. The number of hydrogen-bond acceptors (Lipinski definition) is 2. The van der Waals surface area contributed by atoms with Crippen LogP contribution >= 0.6 is 0 Å². The number of rotatable bonds is 1. The molecule has 72 valence electrons. The van der Waals surface area contributed by atoms with Gasteiger partial charge in [-0.25, -0.2) is 4.98 Å². The Hall–Kier alpha value is -0.830. The highest BCUT2D eigenvalue weighted by Gasteiger charge is 2.18. The minimum absolute atomic E-state index is 0.315. The van der Waals surface area contributed by atoms with Crippen LogP contribution in [0, 0.1) is 0 Å². The van der Waals surface area contributed by atoms with E-state index in [1.165, 1.54) is 11.5 Å². The first-order valence-corrected chi connectivity index (χ1v) is 4.98. The van der Waals surface area contributed by atoms with Gasteiger partial charge in [0.05, 0.1) is 5.69 Å². The standard InChI is InChI=1S/C10H17N3/c1-7(2)9-6-13-4-3-8(11)5-10(13)12-9/h6-8H,3-5,11H2,1-2H3.